The highest BCUT2D eigenvalue weighted by molar-refractivity contribution is 7.89. The van der Waals surface area contributed by atoms with Crippen molar-refractivity contribution >= 4 is 20.2 Å². The lowest BCUT2D eigenvalue weighted by molar-refractivity contribution is 0.315. The Labute approximate surface area is 191 Å². The van der Waals surface area contributed by atoms with Crippen LogP contribution < -0.4 is 4.72 Å². The van der Waals surface area contributed by atoms with E-state index in [4.69, 9.17) is 0 Å². The zero-order valence-corrected chi connectivity index (χ0v) is 19.8. The minimum Gasteiger partial charge on any atom is -0.207 e. The average Bonchev–Trinajstić information content (AvgIpc) is 2.84. The van der Waals surface area contributed by atoms with Gasteiger partial charge in [-0.05, 0) is 54.9 Å². The van der Waals surface area contributed by atoms with Crippen molar-refractivity contribution < 1.29 is 16.8 Å². The Balaban J connectivity index is 1.36. The fourth-order valence-electron chi connectivity index (χ4n) is 4.49. The molecule has 2 aliphatic rings. The minimum atomic E-state index is -3.63. The van der Waals surface area contributed by atoms with Gasteiger partial charge < -0.3 is 0 Å². The van der Waals surface area contributed by atoms with Crippen LogP contribution in [0, 0.1) is 0 Å². The quantitative estimate of drug-likeness (QED) is 0.664. The van der Waals surface area contributed by atoms with Crippen molar-refractivity contribution in [3.8, 4) is 0 Å². The lowest BCUT2D eigenvalue weighted by Gasteiger charge is -2.31. The number of nitrogens with one attached hydrogen (secondary N) is 1. The molecule has 0 aromatic heterocycles. The van der Waals surface area contributed by atoms with Crippen LogP contribution >= 0.6 is 0 Å². The molecule has 0 bridgehead atoms. The second-order valence-electron chi connectivity index (χ2n) is 8.52. The third-order valence-electron chi connectivity index (χ3n) is 6.37. The summed E-state index contributed by atoms with van der Waals surface area (Å²) in [6, 6.07) is 16.8. The van der Waals surface area contributed by atoms with E-state index in [2.05, 4.69) is 16.9 Å². The van der Waals surface area contributed by atoms with Gasteiger partial charge >= 0.3 is 0 Å². The van der Waals surface area contributed by atoms with Gasteiger partial charge in [-0.1, -0.05) is 48.9 Å². The summed E-state index contributed by atoms with van der Waals surface area (Å²) in [5, 5.41) is 0. The Kier molecular flexibility index (Phi) is 7.31. The van der Waals surface area contributed by atoms with Crippen LogP contribution in [0.4, 0.5) is 0 Å². The lowest BCUT2D eigenvalue weighted by atomic mass is 9.90. The first-order valence-corrected chi connectivity index (χ1v) is 14.1. The van der Waals surface area contributed by atoms with Gasteiger partial charge in [0.2, 0.25) is 10.0 Å². The molecule has 9 heteroatoms. The Hall–Kier alpha value is -1.78. The summed E-state index contributed by atoms with van der Waals surface area (Å²) < 4.78 is 57.1. The van der Waals surface area contributed by atoms with E-state index in [0.29, 0.717) is 37.7 Å². The molecule has 0 aliphatic carbocycles. The predicted octanol–water partition coefficient (Wildman–Crippen LogP) is 3.08. The van der Waals surface area contributed by atoms with Crippen molar-refractivity contribution in [2.45, 2.75) is 49.5 Å². The number of nitrogens with zero attached hydrogens (tertiary/aromatic N) is 2. The lowest BCUT2D eigenvalue weighted by Crippen LogP contribution is -2.44. The third-order valence-corrected chi connectivity index (χ3v) is 9.82. The van der Waals surface area contributed by atoms with Crippen LogP contribution in [0.2, 0.25) is 0 Å². The second kappa shape index (κ2) is 10.0. The van der Waals surface area contributed by atoms with Crippen LogP contribution in [0.3, 0.4) is 0 Å². The van der Waals surface area contributed by atoms with Gasteiger partial charge in [0.05, 0.1) is 4.90 Å². The molecule has 7 nitrogen and oxygen atoms in total. The molecular weight excluding hydrogens is 446 g/mol. The Morgan fingerprint density at radius 1 is 0.781 bits per heavy atom. The fraction of sp³-hybridized carbons (Fsp3) is 0.478. The summed E-state index contributed by atoms with van der Waals surface area (Å²) in [6.45, 7) is 2.08. The van der Waals surface area contributed by atoms with Gasteiger partial charge in [-0.2, -0.15) is 21.8 Å². The van der Waals surface area contributed by atoms with Gasteiger partial charge in [-0.25, -0.2) is 8.42 Å². The first-order chi connectivity index (χ1) is 15.4. The van der Waals surface area contributed by atoms with Crippen LogP contribution in [0.1, 0.15) is 49.1 Å². The number of sulfonamides is 1. The highest BCUT2D eigenvalue weighted by Crippen LogP contribution is 2.28. The molecular formula is C23H31N3O4S2. The van der Waals surface area contributed by atoms with Crippen molar-refractivity contribution in [1.82, 2.24) is 13.3 Å². The van der Waals surface area contributed by atoms with Crippen LogP contribution in [0.25, 0.3) is 0 Å². The normalized spacial score (nSPS) is 19.8. The van der Waals surface area contributed by atoms with E-state index in [9.17, 15) is 16.8 Å². The van der Waals surface area contributed by atoms with Crippen molar-refractivity contribution in [2.75, 3.05) is 26.2 Å². The second-order valence-corrected chi connectivity index (χ2v) is 12.2. The number of rotatable bonds is 7. The van der Waals surface area contributed by atoms with Gasteiger partial charge in [0, 0.05) is 32.7 Å². The first-order valence-electron chi connectivity index (χ1n) is 11.2. The molecule has 174 valence electrons. The monoisotopic (exact) mass is 477 g/mol. The summed E-state index contributed by atoms with van der Waals surface area (Å²) >= 11 is 0. The topological polar surface area (TPSA) is 86.8 Å². The molecule has 0 unspecified atom stereocenters. The van der Waals surface area contributed by atoms with Gasteiger partial charge in [0.1, 0.15) is 0 Å². The molecule has 0 saturated carbocycles. The highest BCUT2D eigenvalue weighted by Gasteiger charge is 2.29. The van der Waals surface area contributed by atoms with E-state index < -0.39 is 20.2 Å². The molecule has 0 spiro atoms. The van der Waals surface area contributed by atoms with Crippen LogP contribution in [-0.2, 0) is 26.8 Å². The maximum absolute atomic E-state index is 12.9. The first kappa shape index (κ1) is 23.4. The summed E-state index contributed by atoms with van der Waals surface area (Å²) in [7, 11) is -7.18. The molecule has 2 aromatic rings. The number of hydrogen-bond acceptors (Lipinski definition) is 4. The van der Waals surface area contributed by atoms with E-state index in [-0.39, 0.29) is 11.4 Å². The zero-order chi connectivity index (χ0) is 22.6. The van der Waals surface area contributed by atoms with Crippen molar-refractivity contribution in [1.29, 1.82) is 0 Å². The number of hydrogen-bond donors (Lipinski definition) is 1. The average molecular weight is 478 g/mol. The maximum atomic E-state index is 12.9. The van der Waals surface area contributed by atoms with Gasteiger partial charge in [-0.15, -0.1) is 0 Å². The predicted molar refractivity (Wildman–Crippen MR) is 125 cm³/mol. The molecule has 0 radical (unpaired) electrons. The van der Waals surface area contributed by atoms with E-state index in [0.717, 1.165) is 32.1 Å². The van der Waals surface area contributed by atoms with Crippen molar-refractivity contribution in [3.05, 3.63) is 65.7 Å². The van der Waals surface area contributed by atoms with Gasteiger partial charge in [-0.3, -0.25) is 0 Å². The highest BCUT2D eigenvalue weighted by atomic mass is 32.2. The summed E-state index contributed by atoms with van der Waals surface area (Å²) in [4.78, 5) is 0.222. The standard InChI is InChI=1S/C23H31N3O4S2/c27-31(28,25-14-5-2-6-15-25)23-11-7-8-20(18-23)19-24-32(29,30)26-16-12-22(13-17-26)21-9-3-1-4-10-21/h1,3-4,7-11,18,22,24H,2,5-6,12-17,19H2. The molecule has 2 saturated heterocycles. The minimum absolute atomic E-state index is 0.0598. The van der Waals surface area contributed by atoms with Crippen LogP contribution in [0.15, 0.2) is 59.5 Å². The Morgan fingerprint density at radius 3 is 2.16 bits per heavy atom. The molecule has 2 heterocycles. The van der Waals surface area contributed by atoms with Crippen LogP contribution in [-0.4, -0.2) is 51.6 Å². The molecule has 0 atom stereocenters. The molecule has 0 amide bonds. The van der Waals surface area contributed by atoms with E-state index in [1.165, 1.54) is 14.2 Å². The maximum Gasteiger partial charge on any atom is 0.279 e. The number of piperidine rings is 2. The number of benzene rings is 2. The summed E-state index contributed by atoms with van der Waals surface area (Å²) in [6.07, 6.45) is 4.37. The van der Waals surface area contributed by atoms with Crippen molar-refractivity contribution in [3.63, 3.8) is 0 Å². The summed E-state index contributed by atoms with van der Waals surface area (Å²) in [5.41, 5.74) is 1.88. The van der Waals surface area contributed by atoms with Crippen molar-refractivity contribution in [2.24, 2.45) is 0 Å². The fourth-order valence-corrected chi connectivity index (χ4v) is 7.30. The smallest absolute Gasteiger partial charge is 0.207 e. The van der Waals surface area contributed by atoms with Gasteiger partial charge in [0.25, 0.3) is 10.2 Å². The van der Waals surface area contributed by atoms with E-state index >= 15 is 0 Å². The molecule has 32 heavy (non-hydrogen) atoms. The third kappa shape index (κ3) is 5.40. The molecule has 1 N–H and O–H groups in total. The van der Waals surface area contributed by atoms with Gasteiger partial charge in [0.15, 0.2) is 0 Å². The van der Waals surface area contributed by atoms with Crippen LogP contribution in [0.5, 0.6) is 0 Å². The largest absolute Gasteiger partial charge is 0.279 e. The Morgan fingerprint density at radius 2 is 1.47 bits per heavy atom. The Bertz CT molecular complexity index is 1110. The molecule has 2 fully saturated rings. The molecule has 4 rings (SSSR count). The zero-order valence-electron chi connectivity index (χ0n) is 18.2. The molecule has 2 aromatic carbocycles. The van der Waals surface area contributed by atoms with E-state index in [1.807, 2.05) is 18.2 Å². The molecule has 2 aliphatic heterocycles. The summed E-state index contributed by atoms with van der Waals surface area (Å²) in [5.74, 6) is 0.374. The van der Waals surface area contributed by atoms with E-state index in [1.54, 1.807) is 24.3 Å². The SMILES string of the molecule is O=S(=O)(NCc1cccc(S(=O)(=O)N2CCCCC2)c1)N1CCC(c2ccccc2)CC1.